The Hall–Kier alpha value is -6.16. The SMILES string of the molecule is COC(=O)C(Cc1c[nH]c2ccccc12)NC(=O)c1ccccc1-c1ccccc1C(=O)N[C@@H](Cc1c[nH]c2ccccc12)C(=O)O. The summed E-state index contributed by atoms with van der Waals surface area (Å²) in [5.41, 5.74) is 4.67. The molecule has 2 amide bonds. The first-order valence-electron chi connectivity index (χ1n) is 15.0. The van der Waals surface area contributed by atoms with Gasteiger partial charge in [0.05, 0.1) is 7.11 Å². The molecule has 2 aromatic heterocycles. The Labute approximate surface area is 269 Å². The minimum absolute atomic E-state index is 0.0671. The number of methoxy groups -OCH3 is 1. The number of carboxylic acids is 1. The van der Waals surface area contributed by atoms with Gasteiger partial charge in [-0.15, -0.1) is 0 Å². The van der Waals surface area contributed by atoms with E-state index in [2.05, 4.69) is 20.6 Å². The first kappa shape index (κ1) is 30.8. The number of esters is 1. The van der Waals surface area contributed by atoms with E-state index in [0.29, 0.717) is 11.1 Å². The topological polar surface area (TPSA) is 153 Å². The van der Waals surface area contributed by atoms with Gasteiger partial charge in [-0.3, -0.25) is 9.59 Å². The number of aliphatic carboxylic acids is 1. The summed E-state index contributed by atoms with van der Waals surface area (Å²) in [6.45, 7) is 0. The second-order valence-electron chi connectivity index (χ2n) is 11.1. The number of carbonyl (C=O) groups is 4. The number of hydrogen-bond donors (Lipinski definition) is 5. The molecule has 0 spiro atoms. The fourth-order valence-electron chi connectivity index (χ4n) is 5.88. The molecule has 2 atom stereocenters. The molecule has 0 aliphatic heterocycles. The third-order valence-electron chi connectivity index (χ3n) is 8.23. The second-order valence-corrected chi connectivity index (χ2v) is 11.1. The van der Waals surface area contributed by atoms with Crippen LogP contribution in [0.5, 0.6) is 0 Å². The van der Waals surface area contributed by atoms with Crippen molar-refractivity contribution in [1.29, 1.82) is 0 Å². The van der Waals surface area contributed by atoms with Crippen LogP contribution >= 0.6 is 0 Å². The molecule has 47 heavy (non-hydrogen) atoms. The van der Waals surface area contributed by atoms with Gasteiger partial charge in [0, 0.05) is 58.2 Å². The number of rotatable bonds is 11. The Morgan fingerprint density at radius 1 is 0.638 bits per heavy atom. The fraction of sp³-hybridized carbons (Fsp3) is 0.135. The molecule has 4 aromatic carbocycles. The molecular formula is C37H32N4O6. The van der Waals surface area contributed by atoms with Crippen LogP contribution in [0.4, 0.5) is 0 Å². The monoisotopic (exact) mass is 628 g/mol. The van der Waals surface area contributed by atoms with Gasteiger partial charge in [0.15, 0.2) is 0 Å². The molecule has 0 aliphatic rings. The van der Waals surface area contributed by atoms with Crippen LogP contribution in [-0.2, 0) is 27.2 Å². The maximum absolute atomic E-state index is 13.8. The normalized spacial score (nSPS) is 12.4. The summed E-state index contributed by atoms with van der Waals surface area (Å²) in [7, 11) is 1.27. The largest absolute Gasteiger partial charge is 0.480 e. The molecule has 1 unspecified atom stereocenters. The van der Waals surface area contributed by atoms with Crippen molar-refractivity contribution in [2.75, 3.05) is 7.11 Å². The van der Waals surface area contributed by atoms with E-state index in [4.69, 9.17) is 4.74 Å². The Balaban J connectivity index is 1.26. The summed E-state index contributed by atoms with van der Waals surface area (Å²) in [6.07, 6.45) is 3.81. The van der Waals surface area contributed by atoms with Gasteiger partial charge in [-0.1, -0.05) is 72.8 Å². The maximum Gasteiger partial charge on any atom is 0.328 e. The van der Waals surface area contributed by atoms with E-state index >= 15 is 0 Å². The third kappa shape index (κ3) is 6.48. The number of aromatic nitrogens is 2. The van der Waals surface area contributed by atoms with Crippen LogP contribution in [0.2, 0.25) is 0 Å². The van der Waals surface area contributed by atoms with E-state index in [1.165, 1.54) is 7.11 Å². The Morgan fingerprint density at radius 3 is 1.55 bits per heavy atom. The number of nitrogens with one attached hydrogen (secondary N) is 4. The fourth-order valence-corrected chi connectivity index (χ4v) is 5.88. The number of aromatic amines is 2. The van der Waals surface area contributed by atoms with Crippen LogP contribution in [0.3, 0.4) is 0 Å². The molecule has 6 aromatic rings. The van der Waals surface area contributed by atoms with Gasteiger partial charge >= 0.3 is 11.9 Å². The Morgan fingerprint density at radius 2 is 1.06 bits per heavy atom. The van der Waals surface area contributed by atoms with Crippen molar-refractivity contribution in [3.63, 3.8) is 0 Å². The standard InChI is InChI=1S/C37H32N4O6/c1-47-37(46)33(19-23-21-39-31-17-9-7-11-25(23)31)41-35(43)29-15-5-3-13-27(29)26-12-2-4-14-28(26)34(42)40-32(36(44)45)18-22-20-38-30-16-8-6-10-24(22)30/h2-17,20-21,32-33,38-39H,18-19H2,1H3,(H,40,42)(H,41,43)(H,44,45)/t32-,33?/m0/s1. The van der Waals surface area contributed by atoms with Gasteiger partial charge in [-0.05, 0) is 46.5 Å². The summed E-state index contributed by atoms with van der Waals surface area (Å²) in [5, 5.41) is 17.3. The van der Waals surface area contributed by atoms with E-state index in [1.54, 1.807) is 60.9 Å². The van der Waals surface area contributed by atoms with Gasteiger partial charge in [0.1, 0.15) is 12.1 Å². The van der Waals surface area contributed by atoms with Gasteiger partial charge in [-0.25, -0.2) is 9.59 Å². The number of fused-ring (bicyclic) bond motifs is 2. The zero-order valence-corrected chi connectivity index (χ0v) is 25.4. The zero-order valence-electron chi connectivity index (χ0n) is 25.4. The molecule has 5 N–H and O–H groups in total. The van der Waals surface area contributed by atoms with E-state index in [1.807, 2.05) is 48.5 Å². The lowest BCUT2D eigenvalue weighted by Crippen LogP contribution is -2.43. The van der Waals surface area contributed by atoms with Crippen LogP contribution < -0.4 is 10.6 Å². The van der Waals surface area contributed by atoms with E-state index in [9.17, 15) is 24.3 Å². The van der Waals surface area contributed by atoms with Crippen molar-refractivity contribution >= 4 is 45.6 Å². The highest BCUT2D eigenvalue weighted by Crippen LogP contribution is 2.28. The van der Waals surface area contributed by atoms with Crippen LogP contribution in [0.1, 0.15) is 31.8 Å². The molecule has 0 saturated heterocycles. The molecule has 10 heteroatoms. The number of amides is 2. The average Bonchev–Trinajstić information content (AvgIpc) is 3.71. The van der Waals surface area contributed by atoms with Crippen molar-refractivity contribution in [1.82, 2.24) is 20.6 Å². The smallest absolute Gasteiger partial charge is 0.328 e. The van der Waals surface area contributed by atoms with Gasteiger partial charge < -0.3 is 30.4 Å². The predicted molar refractivity (Wildman–Crippen MR) is 178 cm³/mol. The lowest BCUT2D eigenvalue weighted by atomic mass is 9.94. The first-order valence-corrected chi connectivity index (χ1v) is 15.0. The second kappa shape index (κ2) is 13.5. The van der Waals surface area contributed by atoms with Crippen LogP contribution in [0.15, 0.2) is 109 Å². The first-order chi connectivity index (χ1) is 22.8. The molecule has 10 nitrogen and oxygen atoms in total. The maximum atomic E-state index is 13.8. The van der Waals surface area contributed by atoms with Crippen molar-refractivity contribution in [2.45, 2.75) is 24.9 Å². The summed E-state index contributed by atoms with van der Waals surface area (Å²) in [5.74, 6) is -2.91. The molecule has 0 radical (unpaired) electrons. The molecule has 2 heterocycles. The lowest BCUT2D eigenvalue weighted by Gasteiger charge is -2.19. The van der Waals surface area contributed by atoms with E-state index in [-0.39, 0.29) is 24.0 Å². The third-order valence-corrected chi connectivity index (χ3v) is 8.23. The molecule has 0 bridgehead atoms. The van der Waals surface area contributed by atoms with Crippen molar-refractivity contribution in [2.24, 2.45) is 0 Å². The summed E-state index contributed by atoms with van der Waals surface area (Å²) in [4.78, 5) is 58.9. The van der Waals surface area contributed by atoms with Crippen molar-refractivity contribution in [3.05, 3.63) is 132 Å². The highest BCUT2D eigenvalue weighted by atomic mass is 16.5. The Kier molecular flexibility index (Phi) is 8.83. The number of hydrogen-bond acceptors (Lipinski definition) is 5. The molecule has 0 saturated carbocycles. The molecular weight excluding hydrogens is 596 g/mol. The Bertz CT molecular complexity index is 2110. The quantitative estimate of drug-likeness (QED) is 0.124. The highest BCUT2D eigenvalue weighted by molar-refractivity contribution is 6.07. The number of H-pyrrole nitrogens is 2. The number of para-hydroxylation sites is 2. The highest BCUT2D eigenvalue weighted by Gasteiger charge is 2.27. The van der Waals surface area contributed by atoms with E-state index in [0.717, 1.165) is 32.9 Å². The predicted octanol–water partition coefficient (Wildman–Crippen LogP) is 5.26. The number of benzene rings is 4. The van der Waals surface area contributed by atoms with Crippen molar-refractivity contribution in [3.8, 4) is 11.1 Å². The van der Waals surface area contributed by atoms with Crippen LogP contribution in [0.25, 0.3) is 32.9 Å². The summed E-state index contributed by atoms with van der Waals surface area (Å²) < 4.78 is 5.03. The molecule has 6 rings (SSSR count). The summed E-state index contributed by atoms with van der Waals surface area (Å²) in [6, 6.07) is 26.4. The number of ether oxygens (including phenoxy) is 1. The zero-order chi connectivity index (χ0) is 32.9. The number of carboxylic acid groups (broad SMARTS) is 1. The van der Waals surface area contributed by atoms with Crippen LogP contribution in [-0.4, -0.2) is 58.0 Å². The number of carbonyl (C=O) groups excluding carboxylic acids is 3. The van der Waals surface area contributed by atoms with Gasteiger partial charge in [0.25, 0.3) is 11.8 Å². The lowest BCUT2D eigenvalue weighted by molar-refractivity contribution is -0.143. The molecule has 236 valence electrons. The van der Waals surface area contributed by atoms with Gasteiger partial charge in [-0.2, -0.15) is 0 Å². The van der Waals surface area contributed by atoms with E-state index < -0.39 is 35.8 Å². The minimum atomic E-state index is -1.21. The summed E-state index contributed by atoms with van der Waals surface area (Å²) >= 11 is 0. The van der Waals surface area contributed by atoms with Crippen LogP contribution in [0, 0.1) is 0 Å². The molecule has 0 aliphatic carbocycles. The molecule has 0 fully saturated rings. The minimum Gasteiger partial charge on any atom is -0.480 e. The average molecular weight is 629 g/mol. The van der Waals surface area contributed by atoms with Crippen molar-refractivity contribution < 1.29 is 29.0 Å². The van der Waals surface area contributed by atoms with Gasteiger partial charge in [0.2, 0.25) is 0 Å².